The first-order valence-corrected chi connectivity index (χ1v) is 25.7. The van der Waals surface area contributed by atoms with E-state index in [0.717, 1.165) is 47.1 Å². The number of allylic oxidation sites excluding steroid dienone is 1. The van der Waals surface area contributed by atoms with Crippen molar-refractivity contribution in [2.24, 2.45) is 40.1 Å². The summed E-state index contributed by atoms with van der Waals surface area (Å²) in [6, 6.07) is 30.8. The molecule has 12 rings (SSSR count). The van der Waals surface area contributed by atoms with Crippen LogP contribution in [0.15, 0.2) is 114 Å². The number of guanidine groups is 1. The third kappa shape index (κ3) is 10.8. The van der Waals surface area contributed by atoms with Gasteiger partial charge in [0.15, 0.2) is 5.96 Å². The van der Waals surface area contributed by atoms with Crippen molar-refractivity contribution in [2.45, 2.75) is 131 Å². The van der Waals surface area contributed by atoms with E-state index in [0.29, 0.717) is 68.2 Å². The van der Waals surface area contributed by atoms with Gasteiger partial charge in [0.25, 0.3) is 0 Å². The topological polar surface area (TPSA) is 201 Å². The van der Waals surface area contributed by atoms with E-state index in [2.05, 4.69) is 24.0 Å². The van der Waals surface area contributed by atoms with Crippen LogP contribution >= 0.6 is 0 Å². The maximum absolute atomic E-state index is 14.0. The Labute approximate surface area is 423 Å². The maximum atomic E-state index is 14.0. The Morgan fingerprint density at radius 2 is 1.66 bits per heavy atom. The fraction of sp³-hybridized carbons (Fsp3) is 0.473. The molecule has 10 atom stereocenters. The largest absolute Gasteiger partial charge is 1.00 e. The Morgan fingerprint density at radius 1 is 0.941 bits per heavy atom. The van der Waals surface area contributed by atoms with Gasteiger partial charge < -0.3 is 40.8 Å². The summed E-state index contributed by atoms with van der Waals surface area (Å²) in [5.41, 5.74) is 16.0. The van der Waals surface area contributed by atoms with Gasteiger partial charge in [0.1, 0.15) is 17.6 Å². The minimum absolute atomic E-state index is 0. The van der Waals surface area contributed by atoms with E-state index in [-0.39, 0.29) is 90.5 Å². The maximum Gasteiger partial charge on any atom is 1.00 e. The number of phenolic OH excluding ortho intramolecular Hbond substituents is 1. The zero-order chi connectivity index (χ0) is 46.9. The molecular formula is C55H64N3NaO8S. The van der Waals surface area contributed by atoms with E-state index in [4.69, 9.17) is 25.9 Å². The van der Waals surface area contributed by atoms with Crippen molar-refractivity contribution in [1.82, 2.24) is 0 Å². The van der Waals surface area contributed by atoms with Crippen LogP contribution < -0.4 is 45.8 Å². The molecule has 0 aromatic heterocycles. The zero-order valence-corrected chi connectivity index (χ0v) is 42.1. The Kier molecular flexibility index (Phi) is 15.6. The molecule has 0 radical (unpaired) electrons. The number of fused-ring (bicyclic) bond motifs is 7. The summed E-state index contributed by atoms with van der Waals surface area (Å²) < 4.78 is 56.1. The van der Waals surface area contributed by atoms with Crippen LogP contribution in [0.1, 0.15) is 135 Å². The fourth-order valence-electron chi connectivity index (χ4n) is 12.4. The molecular weight excluding hydrogens is 886 g/mol. The van der Waals surface area contributed by atoms with Gasteiger partial charge in [-0.1, -0.05) is 117 Å². The molecule has 2 fully saturated rings. The van der Waals surface area contributed by atoms with Gasteiger partial charge in [-0.3, -0.25) is 0 Å². The minimum atomic E-state index is -4.90. The Morgan fingerprint density at radius 3 is 2.34 bits per heavy atom. The summed E-state index contributed by atoms with van der Waals surface area (Å²) in [5.74, 6) is 4.81. The molecule has 13 heteroatoms. The average molecular weight is 950 g/mol. The van der Waals surface area contributed by atoms with Crippen LogP contribution in [-0.4, -0.2) is 57.8 Å². The van der Waals surface area contributed by atoms with Gasteiger partial charge in [-0.25, -0.2) is 13.4 Å². The SMILES string of the molecule is CCC1CC(S(=O)(=O)[O-])C2C=C3CC(CC4CC(CO)CC#Cc5cc(O)ccc5C3O4)C2c2ccc(cc2)C(CC(Cc2ccccc2)C2(O)CCCCC2)(N=C(N)N)Oc2ccc1cc2.[Na+]. The van der Waals surface area contributed by atoms with Crippen LogP contribution in [0, 0.1) is 35.5 Å². The summed E-state index contributed by atoms with van der Waals surface area (Å²) in [4.78, 5) is 4.99. The van der Waals surface area contributed by atoms with Gasteiger partial charge in [0, 0.05) is 36.1 Å². The summed E-state index contributed by atoms with van der Waals surface area (Å²) >= 11 is 0. The summed E-state index contributed by atoms with van der Waals surface area (Å²) in [7, 11) is -4.90. The molecule has 1 saturated heterocycles. The molecule has 7 N–H and O–H groups in total. The average Bonchev–Trinajstić information content (AvgIpc) is 3.44. The van der Waals surface area contributed by atoms with Gasteiger partial charge in [-0.2, -0.15) is 0 Å². The van der Waals surface area contributed by atoms with Gasteiger partial charge in [-0.05, 0) is 133 Å². The Balaban J connectivity index is 0.00000625. The van der Waals surface area contributed by atoms with E-state index in [1.807, 2.05) is 85.8 Å². The predicted octanol–water partition coefficient (Wildman–Crippen LogP) is 5.59. The first kappa shape index (κ1) is 50.2. The van der Waals surface area contributed by atoms with E-state index < -0.39 is 44.6 Å². The van der Waals surface area contributed by atoms with Crippen LogP contribution in [0.25, 0.3) is 0 Å². The van der Waals surface area contributed by atoms with Gasteiger partial charge >= 0.3 is 29.6 Å². The number of aromatic hydroxyl groups is 1. The monoisotopic (exact) mass is 949 g/mol. The number of nitrogens with two attached hydrogens (primary N) is 2. The van der Waals surface area contributed by atoms with E-state index in [1.54, 1.807) is 12.1 Å². The molecule has 1 saturated carbocycles. The van der Waals surface area contributed by atoms with Crippen LogP contribution in [0.4, 0.5) is 0 Å². The van der Waals surface area contributed by atoms with Crippen molar-refractivity contribution < 1.29 is 67.3 Å². The first-order chi connectivity index (χ1) is 32.2. The number of benzene rings is 4. The number of hydrogen-bond donors (Lipinski definition) is 5. The van der Waals surface area contributed by atoms with E-state index in [9.17, 15) is 28.3 Å². The van der Waals surface area contributed by atoms with Gasteiger partial charge in [0.05, 0.1) is 27.1 Å². The third-order valence-electron chi connectivity index (χ3n) is 15.7. The second kappa shape index (κ2) is 21.1. The number of hydrogen-bond acceptors (Lipinski definition) is 9. The summed E-state index contributed by atoms with van der Waals surface area (Å²) in [6.45, 7) is 1.94. The quantitative estimate of drug-likeness (QED) is 0.0352. The predicted molar refractivity (Wildman–Crippen MR) is 258 cm³/mol. The number of ether oxygens (including phenoxy) is 2. The number of nitrogens with zero attached hydrogens (tertiary/aromatic N) is 1. The Bertz CT molecular complexity index is 2620. The third-order valence-corrected chi connectivity index (χ3v) is 16.9. The molecule has 10 unspecified atom stereocenters. The molecule has 2 aliphatic carbocycles. The van der Waals surface area contributed by atoms with Crippen molar-refractivity contribution in [3.63, 3.8) is 0 Å². The second-order valence-corrected chi connectivity index (χ2v) is 21.6. The first-order valence-electron chi connectivity index (χ1n) is 24.2. The molecule has 6 heterocycles. The number of rotatable bonds is 9. The molecule has 8 bridgehead atoms. The number of aliphatic hydroxyl groups excluding tert-OH is 1. The normalized spacial score (nSPS) is 29.0. The van der Waals surface area contributed by atoms with Crippen molar-refractivity contribution in [2.75, 3.05) is 6.61 Å². The molecule has 0 amide bonds. The minimum Gasteiger partial charge on any atom is -0.748 e. The van der Waals surface area contributed by atoms with Crippen molar-refractivity contribution in [3.05, 3.63) is 142 Å². The van der Waals surface area contributed by atoms with E-state index in [1.165, 1.54) is 0 Å². The van der Waals surface area contributed by atoms with Gasteiger partial charge in [0.2, 0.25) is 5.72 Å². The van der Waals surface area contributed by atoms with Crippen LogP contribution in [0.5, 0.6) is 11.5 Å². The standard InChI is InChI=1S/C55H65N3O8S.Na/c1-2-37-32-50(67(62,63)64)49-31-42-28-41(30-47-27-36(34-59)12-9-13-40-29-45(60)20-23-48(40)52(42)65-47)51(49)39-14-18-43(19-15-39)55(58-53(56)57,66-46-21-16-38(37)17-22-46)33-44(26-35-10-5-3-6-11-35)54(61)24-7-4-8-25-54;/h3,5-6,10-11,14-23,29,31,36-37,41,44,47,49-52,59-61H,2,4,7-8,12,24-28,30,32-34H2,1H3,(H4,56,57,58)(H,62,63,64);/q;+1/p-1. The summed E-state index contributed by atoms with van der Waals surface area (Å²) in [6.07, 6.45) is 8.86. The number of phenols is 1. The molecule has 4 aromatic carbocycles. The zero-order valence-electron chi connectivity index (χ0n) is 39.3. The van der Waals surface area contributed by atoms with Crippen LogP contribution in [0.2, 0.25) is 0 Å². The molecule has 11 nitrogen and oxygen atoms in total. The number of aliphatic imine (C=N–C) groups is 1. The van der Waals surface area contributed by atoms with Crippen LogP contribution in [0.3, 0.4) is 0 Å². The van der Waals surface area contributed by atoms with Gasteiger partial charge in [-0.15, -0.1) is 0 Å². The van der Waals surface area contributed by atoms with Crippen molar-refractivity contribution in [1.29, 1.82) is 0 Å². The molecule has 8 aliphatic rings. The molecule has 354 valence electrons. The Hall–Kier alpha value is -4.16. The van der Waals surface area contributed by atoms with Crippen molar-refractivity contribution >= 4 is 16.1 Å². The molecule has 4 aromatic rings. The van der Waals surface area contributed by atoms with Crippen LogP contribution in [-0.2, 0) is 27.0 Å². The van der Waals surface area contributed by atoms with Crippen molar-refractivity contribution in [3.8, 4) is 23.3 Å². The second-order valence-electron chi connectivity index (χ2n) is 20.0. The summed E-state index contributed by atoms with van der Waals surface area (Å²) in [5, 5.41) is 32.5. The van der Waals surface area contributed by atoms with E-state index >= 15 is 0 Å². The fourth-order valence-corrected chi connectivity index (χ4v) is 13.5. The molecule has 0 spiro atoms. The molecule has 6 aliphatic heterocycles. The molecule has 68 heavy (non-hydrogen) atoms. The smallest absolute Gasteiger partial charge is 0.748 e. The number of aliphatic hydroxyl groups is 2.